The largest absolute Gasteiger partial charge is 0.347 e. The molecule has 2 aromatic heterocycles. The third kappa shape index (κ3) is 2.89. The maximum absolute atomic E-state index is 12.8. The average Bonchev–Trinajstić information content (AvgIpc) is 3.23. The minimum atomic E-state index is -0.126. The summed E-state index contributed by atoms with van der Waals surface area (Å²) in [7, 11) is 2.20. The number of hydrogen-bond acceptors (Lipinski definition) is 3. The van der Waals surface area contributed by atoms with Gasteiger partial charge in [-0.05, 0) is 63.9 Å². The smallest absolute Gasteiger partial charge is 0.342 e. The fourth-order valence-corrected chi connectivity index (χ4v) is 5.56. The number of hydrogen-bond donors (Lipinski definition) is 1. The third-order valence-electron chi connectivity index (χ3n) is 6.79. The summed E-state index contributed by atoms with van der Waals surface area (Å²) in [5, 5.41) is 9.02. The summed E-state index contributed by atoms with van der Waals surface area (Å²) in [5.74, 6) is 0.434. The van der Waals surface area contributed by atoms with Crippen LogP contribution in [0.3, 0.4) is 0 Å². The Balaban J connectivity index is 1.45. The van der Waals surface area contributed by atoms with Gasteiger partial charge in [0.1, 0.15) is 0 Å². The van der Waals surface area contributed by atoms with Crippen molar-refractivity contribution >= 4 is 16.9 Å². The molecule has 0 bridgehead atoms. The van der Waals surface area contributed by atoms with Gasteiger partial charge in [-0.1, -0.05) is 12.1 Å². The van der Waals surface area contributed by atoms with E-state index in [0.29, 0.717) is 12.0 Å². The van der Waals surface area contributed by atoms with Crippen LogP contribution in [0.4, 0.5) is 4.79 Å². The normalized spacial score (nSPS) is 23.9. The quantitative estimate of drug-likeness (QED) is 0.728. The van der Waals surface area contributed by atoms with E-state index in [4.69, 9.17) is 0 Å². The van der Waals surface area contributed by atoms with Gasteiger partial charge in [0.15, 0.2) is 0 Å². The third-order valence-corrected chi connectivity index (χ3v) is 6.79. The highest BCUT2D eigenvalue weighted by molar-refractivity contribution is 5.89. The van der Waals surface area contributed by atoms with E-state index in [1.165, 1.54) is 26.7 Å². The zero-order chi connectivity index (χ0) is 20.3. The van der Waals surface area contributed by atoms with Crippen molar-refractivity contribution in [2.24, 2.45) is 0 Å². The Morgan fingerprint density at radius 1 is 1.31 bits per heavy atom. The van der Waals surface area contributed by atoms with Gasteiger partial charge in [0.25, 0.3) is 0 Å². The Bertz CT molecular complexity index is 1090. The number of carbonyl (C=O) groups excluding carboxylic acids is 1. The van der Waals surface area contributed by atoms with Gasteiger partial charge in [-0.15, -0.1) is 0 Å². The molecule has 1 aliphatic heterocycles. The first-order valence-corrected chi connectivity index (χ1v) is 10.6. The molecule has 1 N–H and O–H groups in total. The minimum Gasteiger partial charge on any atom is -0.347 e. The van der Waals surface area contributed by atoms with Crippen molar-refractivity contribution in [3.8, 4) is 0 Å². The molecular formula is C23H29N5O. The van der Waals surface area contributed by atoms with Crippen LogP contribution in [0.2, 0.25) is 0 Å². The summed E-state index contributed by atoms with van der Waals surface area (Å²) in [6.45, 7) is 7.90. The number of piperidine rings is 1. The number of likely N-dealkylation sites (N-methyl/N-ethyl adjacent to an activating group) is 1. The van der Waals surface area contributed by atoms with Gasteiger partial charge in [0, 0.05) is 53.9 Å². The predicted molar refractivity (Wildman–Crippen MR) is 115 cm³/mol. The second-order valence-corrected chi connectivity index (χ2v) is 8.72. The van der Waals surface area contributed by atoms with Crippen LogP contribution in [-0.2, 0) is 13.0 Å². The van der Waals surface area contributed by atoms with Crippen LogP contribution >= 0.6 is 0 Å². The van der Waals surface area contributed by atoms with Crippen LogP contribution in [-0.4, -0.2) is 51.0 Å². The molecule has 5 rings (SSSR count). The van der Waals surface area contributed by atoms with Gasteiger partial charge in [-0.25, -0.2) is 4.79 Å². The molecule has 3 atom stereocenters. The van der Waals surface area contributed by atoms with Crippen molar-refractivity contribution in [2.45, 2.75) is 58.2 Å². The van der Waals surface area contributed by atoms with Crippen molar-refractivity contribution in [1.82, 2.24) is 24.6 Å². The van der Waals surface area contributed by atoms with Crippen LogP contribution in [0.1, 0.15) is 41.8 Å². The number of rotatable bonds is 2. The Morgan fingerprint density at radius 2 is 2.14 bits per heavy atom. The first-order chi connectivity index (χ1) is 14.0. The second kappa shape index (κ2) is 6.73. The van der Waals surface area contributed by atoms with Gasteiger partial charge < -0.3 is 14.8 Å². The molecule has 1 saturated heterocycles. The van der Waals surface area contributed by atoms with E-state index in [2.05, 4.69) is 58.2 Å². The molecule has 152 valence electrons. The monoisotopic (exact) mass is 391 g/mol. The summed E-state index contributed by atoms with van der Waals surface area (Å²) in [4.78, 5) is 15.2. The van der Waals surface area contributed by atoms with Crippen molar-refractivity contribution in [3.63, 3.8) is 0 Å². The predicted octanol–water partition coefficient (Wildman–Crippen LogP) is 3.44. The number of aryl methyl sites for hydroxylation is 3. The molecule has 2 aliphatic rings. The highest BCUT2D eigenvalue weighted by atomic mass is 16.2. The molecular weight excluding hydrogens is 362 g/mol. The molecule has 0 spiro atoms. The lowest BCUT2D eigenvalue weighted by atomic mass is 9.74. The van der Waals surface area contributed by atoms with Gasteiger partial charge in [0.2, 0.25) is 0 Å². The first kappa shape index (κ1) is 18.4. The molecule has 1 unspecified atom stereocenters. The number of aromatic nitrogens is 3. The standard InChI is InChI=1S/C23H29N5O/c1-5-27-12-16-10-21-19(18-7-6-8-20(27)22(16)18)11-17(13-26(21)4)24-23(29)28-15(3)9-14(2)25-28/h6-9,12,17,19,21H,5,10-11,13H2,1-4H3,(H,24,29)/t17?,19-,21-/m1/s1. The molecule has 0 radical (unpaired) electrons. The van der Waals surface area contributed by atoms with Gasteiger partial charge in [-0.3, -0.25) is 0 Å². The highest BCUT2D eigenvalue weighted by Gasteiger charge is 2.40. The number of amides is 1. The molecule has 1 aromatic carbocycles. The SMILES string of the molecule is CCn1cc2c3c(cccc31)[C@H]1CC(NC(=O)n3nc(C)cc3C)CN(C)[C@@H]1C2. The lowest BCUT2D eigenvalue weighted by Gasteiger charge is -2.45. The van der Waals surface area contributed by atoms with Crippen LogP contribution in [0.25, 0.3) is 10.9 Å². The van der Waals surface area contributed by atoms with Crippen LogP contribution in [0, 0.1) is 13.8 Å². The molecule has 1 fully saturated rings. The summed E-state index contributed by atoms with van der Waals surface area (Å²) in [6, 6.07) is 9.13. The fraction of sp³-hybridized carbons (Fsp3) is 0.478. The summed E-state index contributed by atoms with van der Waals surface area (Å²) in [6.07, 6.45) is 4.39. The Labute approximate surface area is 171 Å². The zero-order valence-electron chi connectivity index (χ0n) is 17.6. The van der Waals surface area contributed by atoms with Crippen LogP contribution in [0.15, 0.2) is 30.5 Å². The molecule has 3 heterocycles. The molecule has 1 amide bonds. The van der Waals surface area contributed by atoms with E-state index in [9.17, 15) is 4.79 Å². The molecule has 3 aromatic rings. The Hall–Kier alpha value is -2.60. The van der Waals surface area contributed by atoms with Gasteiger partial charge in [-0.2, -0.15) is 9.78 Å². The average molecular weight is 392 g/mol. The van der Waals surface area contributed by atoms with E-state index in [1.54, 1.807) is 0 Å². The van der Waals surface area contributed by atoms with Crippen molar-refractivity contribution in [2.75, 3.05) is 13.6 Å². The highest BCUT2D eigenvalue weighted by Crippen LogP contribution is 2.43. The molecule has 29 heavy (non-hydrogen) atoms. The van der Waals surface area contributed by atoms with E-state index >= 15 is 0 Å². The summed E-state index contributed by atoms with van der Waals surface area (Å²) in [5.41, 5.74) is 5.99. The maximum atomic E-state index is 12.8. The molecule has 1 aliphatic carbocycles. The van der Waals surface area contributed by atoms with E-state index in [1.807, 2.05) is 19.9 Å². The number of fused-ring (bicyclic) bond motifs is 2. The fourth-order valence-electron chi connectivity index (χ4n) is 5.56. The lowest BCUT2D eigenvalue weighted by Crippen LogP contribution is -2.55. The Kier molecular flexibility index (Phi) is 4.28. The van der Waals surface area contributed by atoms with Crippen molar-refractivity contribution < 1.29 is 4.79 Å². The molecule has 6 heteroatoms. The lowest BCUT2D eigenvalue weighted by molar-refractivity contribution is 0.128. The second-order valence-electron chi connectivity index (χ2n) is 8.72. The number of benzene rings is 1. The van der Waals surface area contributed by atoms with E-state index in [-0.39, 0.29) is 12.1 Å². The molecule has 6 nitrogen and oxygen atoms in total. The first-order valence-electron chi connectivity index (χ1n) is 10.6. The maximum Gasteiger partial charge on any atom is 0.342 e. The Morgan fingerprint density at radius 3 is 2.86 bits per heavy atom. The topological polar surface area (TPSA) is 55.1 Å². The van der Waals surface area contributed by atoms with Crippen LogP contribution < -0.4 is 5.32 Å². The summed E-state index contributed by atoms with van der Waals surface area (Å²) < 4.78 is 3.86. The number of nitrogens with one attached hydrogen (secondary N) is 1. The number of likely N-dealkylation sites (tertiary alicyclic amines) is 1. The zero-order valence-corrected chi connectivity index (χ0v) is 17.6. The number of nitrogens with zero attached hydrogens (tertiary/aromatic N) is 4. The van der Waals surface area contributed by atoms with Crippen LogP contribution in [0.5, 0.6) is 0 Å². The van der Waals surface area contributed by atoms with Gasteiger partial charge in [0.05, 0.1) is 5.69 Å². The summed E-state index contributed by atoms with van der Waals surface area (Å²) >= 11 is 0. The van der Waals surface area contributed by atoms with Gasteiger partial charge >= 0.3 is 6.03 Å². The molecule has 0 saturated carbocycles. The van der Waals surface area contributed by atoms with E-state index in [0.717, 1.165) is 37.3 Å². The van der Waals surface area contributed by atoms with E-state index < -0.39 is 0 Å². The van der Waals surface area contributed by atoms with Crippen molar-refractivity contribution in [3.05, 3.63) is 53.0 Å². The number of carbonyl (C=O) groups is 1. The minimum absolute atomic E-state index is 0.114. The van der Waals surface area contributed by atoms with Crippen molar-refractivity contribution in [1.29, 1.82) is 0 Å².